The van der Waals surface area contributed by atoms with Crippen molar-refractivity contribution in [3.05, 3.63) is 52.4 Å². The Bertz CT molecular complexity index is 820. The Kier molecular flexibility index (Phi) is 4.67. The molecule has 0 fully saturated rings. The second-order valence-electron chi connectivity index (χ2n) is 9.75. The molecule has 0 spiro atoms. The van der Waals surface area contributed by atoms with Gasteiger partial charge in [-0.15, -0.1) is 0 Å². The van der Waals surface area contributed by atoms with Gasteiger partial charge in [-0.05, 0) is 63.0 Å². The number of fused-ring (bicyclic) bond motifs is 1. The third-order valence-corrected chi connectivity index (χ3v) is 5.84. The molecule has 26 heavy (non-hydrogen) atoms. The summed E-state index contributed by atoms with van der Waals surface area (Å²) < 4.78 is 5.38. The van der Waals surface area contributed by atoms with Crippen molar-refractivity contribution in [2.75, 3.05) is 0 Å². The Balaban J connectivity index is 2.27. The maximum atomic E-state index is 5.38. The smallest absolute Gasteiger partial charge is 0.159 e. The van der Waals surface area contributed by atoms with E-state index in [-0.39, 0.29) is 10.8 Å². The van der Waals surface area contributed by atoms with Crippen LogP contribution in [0.5, 0.6) is 0 Å². The second kappa shape index (κ2) is 6.40. The molecular weight excluding hydrogens is 318 g/mol. The molecule has 1 aliphatic carbocycles. The molecule has 140 valence electrons. The van der Waals surface area contributed by atoms with Crippen molar-refractivity contribution in [3.8, 4) is 0 Å². The minimum absolute atomic E-state index is 0.206. The summed E-state index contributed by atoms with van der Waals surface area (Å²) in [5, 5.41) is 3.87. The maximum Gasteiger partial charge on any atom is 0.159 e. The van der Waals surface area contributed by atoms with E-state index < -0.39 is 0 Å². The zero-order valence-corrected chi connectivity index (χ0v) is 17.6. The van der Waals surface area contributed by atoms with E-state index in [4.69, 9.17) is 4.52 Å². The first-order chi connectivity index (χ1) is 12.0. The van der Waals surface area contributed by atoms with Crippen LogP contribution in [0.15, 0.2) is 28.9 Å². The van der Waals surface area contributed by atoms with E-state index in [1.165, 1.54) is 34.2 Å². The van der Waals surface area contributed by atoms with Gasteiger partial charge < -0.3 is 4.52 Å². The molecule has 0 radical (unpaired) electrons. The predicted octanol–water partition coefficient (Wildman–Crippen LogP) is 6.95. The zero-order valence-electron chi connectivity index (χ0n) is 17.6. The fourth-order valence-corrected chi connectivity index (χ4v) is 4.77. The third-order valence-electron chi connectivity index (χ3n) is 5.84. The van der Waals surface area contributed by atoms with E-state index in [0.29, 0.717) is 11.8 Å². The highest BCUT2D eigenvalue weighted by Gasteiger charge is 2.42. The van der Waals surface area contributed by atoms with Crippen LogP contribution < -0.4 is 0 Å². The third kappa shape index (κ3) is 3.26. The van der Waals surface area contributed by atoms with Gasteiger partial charge in [-0.1, -0.05) is 72.7 Å². The fraction of sp³-hybridized carbons (Fsp3) is 0.542. The van der Waals surface area contributed by atoms with Crippen LogP contribution in [0.25, 0.3) is 11.6 Å². The lowest BCUT2D eigenvalue weighted by Gasteiger charge is -2.24. The van der Waals surface area contributed by atoms with Crippen molar-refractivity contribution in [1.29, 1.82) is 0 Å². The molecule has 0 bridgehead atoms. The van der Waals surface area contributed by atoms with E-state index >= 15 is 0 Å². The van der Waals surface area contributed by atoms with Gasteiger partial charge in [0.2, 0.25) is 0 Å². The Morgan fingerprint density at radius 2 is 1.65 bits per heavy atom. The number of nitrogens with zero attached hydrogens (tertiary/aromatic N) is 1. The molecule has 3 rings (SSSR count). The van der Waals surface area contributed by atoms with Crippen molar-refractivity contribution in [2.24, 2.45) is 5.92 Å². The summed E-state index contributed by atoms with van der Waals surface area (Å²) in [6.07, 6.45) is 5.07. The predicted molar refractivity (Wildman–Crippen MR) is 110 cm³/mol. The highest BCUT2D eigenvalue weighted by atomic mass is 16.5. The Labute approximate surface area is 158 Å². The molecule has 0 unspecified atom stereocenters. The SMILES string of the molecule is CC(C)/C(=C\c1ccno1)c1cc2c(cc1C(C)C)C(C)(C)CC2(C)C. The van der Waals surface area contributed by atoms with Gasteiger partial charge in [-0.2, -0.15) is 0 Å². The number of hydrogen-bond acceptors (Lipinski definition) is 2. The molecule has 0 saturated heterocycles. The summed E-state index contributed by atoms with van der Waals surface area (Å²) in [5.41, 5.74) is 7.60. The summed E-state index contributed by atoms with van der Waals surface area (Å²) in [7, 11) is 0. The number of rotatable bonds is 4. The highest BCUT2D eigenvalue weighted by molar-refractivity contribution is 5.83. The zero-order chi connectivity index (χ0) is 19.3. The molecule has 1 aromatic heterocycles. The van der Waals surface area contributed by atoms with Crippen LogP contribution in [0, 0.1) is 5.92 Å². The molecular formula is C24H33NO. The molecule has 0 aliphatic heterocycles. The number of allylic oxidation sites excluding steroid dienone is 1. The molecule has 1 heterocycles. The molecule has 0 saturated carbocycles. The lowest BCUT2D eigenvalue weighted by Crippen LogP contribution is -2.18. The normalized spacial score (nSPS) is 18.6. The van der Waals surface area contributed by atoms with Crippen LogP contribution in [0.4, 0.5) is 0 Å². The molecule has 2 nitrogen and oxygen atoms in total. The second-order valence-corrected chi connectivity index (χ2v) is 9.75. The fourth-order valence-electron chi connectivity index (χ4n) is 4.77. The lowest BCUT2D eigenvalue weighted by atomic mass is 9.80. The van der Waals surface area contributed by atoms with Crippen molar-refractivity contribution in [3.63, 3.8) is 0 Å². The van der Waals surface area contributed by atoms with Crippen LogP contribution in [-0.2, 0) is 10.8 Å². The van der Waals surface area contributed by atoms with E-state index in [1.54, 1.807) is 6.20 Å². The van der Waals surface area contributed by atoms with Crippen LogP contribution in [0.1, 0.15) is 95.7 Å². The minimum atomic E-state index is 0.206. The van der Waals surface area contributed by atoms with E-state index in [9.17, 15) is 0 Å². The van der Waals surface area contributed by atoms with Crippen molar-refractivity contribution < 1.29 is 4.52 Å². The van der Waals surface area contributed by atoms with Crippen LogP contribution in [0.3, 0.4) is 0 Å². The molecule has 1 aromatic carbocycles. The van der Waals surface area contributed by atoms with Gasteiger partial charge in [0, 0.05) is 6.07 Å². The average Bonchev–Trinajstić information content (AvgIpc) is 3.08. The quantitative estimate of drug-likeness (QED) is 0.595. The van der Waals surface area contributed by atoms with Crippen LogP contribution in [-0.4, -0.2) is 5.16 Å². The monoisotopic (exact) mass is 351 g/mol. The standard InChI is InChI=1S/C24H33NO/c1-15(2)18(11-17-9-10-25-26-17)20-13-22-21(12-19(20)16(3)4)23(5,6)14-24(22,7)8/h9-13,15-16H,14H2,1-8H3/b18-11+. The van der Waals surface area contributed by atoms with Crippen LogP contribution >= 0.6 is 0 Å². The minimum Gasteiger partial charge on any atom is -0.357 e. The van der Waals surface area contributed by atoms with Gasteiger partial charge >= 0.3 is 0 Å². The van der Waals surface area contributed by atoms with Gasteiger partial charge in [-0.3, -0.25) is 0 Å². The summed E-state index contributed by atoms with van der Waals surface area (Å²) in [6.45, 7) is 18.7. The van der Waals surface area contributed by atoms with Crippen molar-refractivity contribution >= 4 is 11.6 Å². The first kappa shape index (κ1) is 18.9. The Hall–Kier alpha value is -1.83. The summed E-state index contributed by atoms with van der Waals surface area (Å²) in [6, 6.07) is 6.89. The summed E-state index contributed by atoms with van der Waals surface area (Å²) >= 11 is 0. The van der Waals surface area contributed by atoms with Gasteiger partial charge in [0.05, 0.1) is 6.20 Å². The first-order valence-electron chi connectivity index (χ1n) is 9.84. The Morgan fingerprint density at radius 3 is 2.15 bits per heavy atom. The summed E-state index contributed by atoms with van der Waals surface area (Å²) in [4.78, 5) is 0. The van der Waals surface area contributed by atoms with Gasteiger partial charge in [0.15, 0.2) is 5.76 Å². The van der Waals surface area contributed by atoms with Crippen molar-refractivity contribution in [2.45, 2.75) is 78.6 Å². The topological polar surface area (TPSA) is 26.0 Å². The molecule has 1 aliphatic rings. The van der Waals surface area contributed by atoms with Gasteiger partial charge in [0.1, 0.15) is 0 Å². The number of aromatic nitrogens is 1. The Morgan fingerprint density at radius 1 is 1.04 bits per heavy atom. The summed E-state index contributed by atoms with van der Waals surface area (Å²) in [5.74, 6) is 1.71. The molecule has 0 atom stereocenters. The van der Waals surface area contributed by atoms with Gasteiger partial charge in [-0.25, -0.2) is 0 Å². The lowest BCUT2D eigenvalue weighted by molar-refractivity contribution is 0.403. The molecule has 0 N–H and O–H groups in total. The molecule has 0 amide bonds. The first-order valence-corrected chi connectivity index (χ1v) is 9.84. The van der Waals surface area contributed by atoms with Crippen LogP contribution in [0.2, 0.25) is 0 Å². The van der Waals surface area contributed by atoms with Gasteiger partial charge in [0.25, 0.3) is 0 Å². The van der Waals surface area contributed by atoms with E-state index in [2.05, 4.69) is 78.8 Å². The molecule has 2 heteroatoms. The highest BCUT2D eigenvalue weighted by Crippen LogP contribution is 2.51. The molecule has 2 aromatic rings. The number of hydrogen-bond donors (Lipinski definition) is 0. The maximum absolute atomic E-state index is 5.38. The number of benzene rings is 1. The van der Waals surface area contributed by atoms with Crippen molar-refractivity contribution in [1.82, 2.24) is 5.16 Å². The van der Waals surface area contributed by atoms with E-state index in [1.807, 2.05) is 6.07 Å². The average molecular weight is 352 g/mol. The van der Waals surface area contributed by atoms with E-state index in [0.717, 1.165) is 5.76 Å². The largest absolute Gasteiger partial charge is 0.357 e.